The van der Waals surface area contributed by atoms with Crippen LogP contribution in [0.15, 0.2) is 54.9 Å². The second-order valence-electron chi connectivity index (χ2n) is 4.53. The summed E-state index contributed by atoms with van der Waals surface area (Å²) in [6, 6.07) is 12.3. The van der Waals surface area contributed by atoms with E-state index >= 15 is 0 Å². The molecule has 7 heteroatoms. The average molecular weight is 295 g/mol. The van der Waals surface area contributed by atoms with Crippen LogP contribution in [-0.4, -0.2) is 25.9 Å². The Morgan fingerprint density at radius 2 is 1.95 bits per heavy atom. The van der Waals surface area contributed by atoms with Gasteiger partial charge >= 0.3 is 0 Å². The van der Waals surface area contributed by atoms with Crippen LogP contribution in [0.1, 0.15) is 10.5 Å². The zero-order valence-electron chi connectivity index (χ0n) is 11.8. The van der Waals surface area contributed by atoms with Crippen LogP contribution in [0.5, 0.6) is 11.6 Å². The Labute approximate surface area is 126 Å². The van der Waals surface area contributed by atoms with Crippen molar-refractivity contribution in [2.75, 3.05) is 5.32 Å². The molecular formula is C15H13N5O2. The van der Waals surface area contributed by atoms with Gasteiger partial charge in [0.2, 0.25) is 5.88 Å². The molecule has 1 amide bonds. The molecule has 0 aliphatic rings. The molecule has 0 unspecified atom stereocenters. The zero-order valence-corrected chi connectivity index (χ0v) is 11.8. The molecular weight excluding hydrogens is 282 g/mol. The molecule has 1 aromatic carbocycles. The number of aromatic nitrogens is 4. The van der Waals surface area contributed by atoms with Crippen LogP contribution in [0.4, 0.5) is 5.69 Å². The van der Waals surface area contributed by atoms with Gasteiger partial charge < -0.3 is 10.1 Å². The van der Waals surface area contributed by atoms with Crippen LogP contribution in [-0.2, 0) is 7.05 Å². The summed E-state index contributed by atoms with van der Waals surface area (Å²) in [5, 5.41) is 14.5. The van der Waals surface area contributed by atoms with E-state index in [1.807, 2.05) is 18.2 Å². The smallest absolute Gasteiger partial charge is 0.276 e. The standard InChI is InChI=1S/C15H13N5O2/c1-20-10-12(9-16-20)22-14-8-7-13(18-19-14)15(21)17-11-5-3-2-4-6-11/h2-10H,1H3,(H,17,21). The van der Waals surface area contributed by atoms with Crippen molar-refractivity contribution in [3.8, 4) is 11.6 Å². The van der Waals surface area contributed by atoms with Gasteiger partial charge in [0.1, 0.15) is 0 Å². The molecule has 3 aromatic rings. The summed E-state index contributed by atoms with van der Waals surface area (Å²) < 4.78 is 7.08. The van der Waals surface area contributed by atoms with Crippen LogP contribution in [0.2, 0.25) is 0 Å². The van der Waals surface area contributed by atoms with Gasteiger partial charge in [0.15, 0.2) is 11.4 Å². The van der Waals surface area contributed by atoms with Crippen molar-refractivity contribution in [3.63, 3.8) is 0 Å². The van der Waals surface area contributed by atoms with Gasteiger partial charge in [-0.1, -0.05) is 18.2 Å². The lowest BCUT2D eigenvalue weighted by atomic mass is 10.3. The number of ether oxygens (including phenoxy) is 1. The minimum absolute atomic E-state index is 0.211. The SMILES string of the molecule is Cn1cc(Oc2ccc(C(=O)Nc3ccccc3)nn2)cn1. The van der Waals surface area contributed by atoms with E-state index in [0.29, 0.717) is 17.3 Å². The average Bonchev–Trinajstić information content (AvgIpc) is 2.94. The highest BCUT2D eigenvalue weighted by molar-refractivity contribution is 6.02. The molecule has 2 heterocycles. The summed E-state index contributed by atoms with van der Waals surface area (Å²) in [6.45, 7) is 0. The van der Waals surface area contributed by atoms with E-state index in [1.54, 1.807) is 48.4 Å². The van der Waals surface area contributed by atoms with Crippen molar-refractivity contribution in [1.82, 2.24) is 20.0 Å². The second-order valence-corrected chi connectivity index (χ2v) is 4.53. The zero-order chi connectivity index (χ0) is 15.4. The van der Waals surface area contributed by atoms with Crippen molar-refractivity contribution in [1.29, 1.82) is 0 Å². The van der Waals surface area contributed by atoms with Gasteiger partial charge in [-0.3, -0.25) is 9.48 Å². The van der Waals surface area contributed by atoms with E-state index in [2.05, 4.69) is 20.6 Å². The summed E-state index contributed by atoms with van der Waals surface area (Å²) in [4.78, 5) is 12.0. The van der Waals surface area contributed by atoms with E-state index < -0.39 is 0 Å². The molecule has 3 rings (SSSR count). The molecule has 0 fully saturated rings. The second kappa shape index (κ2) is 6.04. The molecule has 0 atom stereocenters. The number of amides is 1. The largest absolute Gasteiger partial charge is 0.434 e. The Kier molecular flexibility index (Phi) is 3.78. The first kappa shape index (κ1) is 13.7. The third kappa shape index (κ3) is 3.26. The van der Waals surface area contributed by atoms with Gasteiger partial charge in [0.05, 0.1) is 12.4 Å². The lowest BCUT2D eigenvalue weighted by Gasteiger charge is -2.04. The Morgan fingerprint density at radius 3 is 2.59 bits per heavy atom. The van der Waals surface area contributed by atoms with Crippen molar-refractivity contribution < 1.29 is 9.53 Å². The first-order valence-corrected chi connectivity index (χ1v) is 6.57. The topological polar surface area (TPSA) is 81.9 Å². The minimum atomic E-state index is -0.327. The van der Waals surface area contributed by atoms with Gasteiger partial charge in [0.25, 0.3) is 5.91 Å². The van der Waals surface area contributed by atoms with Gasteiger partial charge in [0, 0.05) is 18.8 Å². The highest BCUT2D eigenvalue weighted by atomic mass is 16.5. The van der Waals surface area contributed by atoms with Gasteiger partial charge in [-0.25, -0.2) is 0 Å². The van der Waals surface area contributed by atoms with Crippen LogP contribution in [0.3, 0.4) is 0 Å². The molecule has 110 valence electrons. The molecule has 0 saturated carbocycles. The molecule has 0 spiro atoms. The molecule has 7 nitrogen and oxygen atoms in total. The van der Waals surface area contributed by atoms with Crippen LogP contribution < -0.4 is 10.1 Å². The normalized spacial score (nSPS) is 10.2. The van der Waals surface area contributed by atoms with Gasteiger partial charge in [-0.05, 0) is 18.2 Å². The molecule has 0 aliphatic heterocycles. The predicted molar refractivity (Wildman–Crippen MR) is 79.7 cm³/mol. The highest BCUT2D eigenvalue weighted by Gasteiger charge is 2.09. The fourth-order valence-electron chi connectivity index (χ4n) is 1.78. The number of hydrogen-bond donors (Lipinski definition) is 1. The van der Waals surface area contributed by atoms with Crippen molar-refractivity contribution in [2.24, 2.45) is 7.05 Å². The number of carbonyl (C=O) groups is 1. The molecule has 1 N–H and O–H groups in total. The monoisotopic (exact) mass is 295 g/mol. The number of benzene rings is 1. The minimum Gasteiger partial charge on any atom is -0.434 e. The molecule has 22 heavy (non-hydrogen) atoms. The maximum atomic E-state index is 12.0. The molecule has 0 aliphatic carbocycles. The van der Waals surface area contributed by atoms with E-state index in [1.165, 1.54) is 0 Å². The molecule has 0 saturated heterocycles. The van der Waals surface area contributed by atoms with E-state index in [0.717, 1.165) is 0 Å². The number of nitrogens with one attached hydrogen (secondary N) is 1. The number of aryl methyl sites for hydroxylation is 1. The van der Waals surface area contributed by atoms with Gasteiger partial charge in [-0.15, -0.1) is 10.2 Å². The molecule has 0 radical (unpaired) electrons. The first-order valence-electron chi connectivity index (χ1n) is 6.57. The van der Waals surface area contributed by atoms with Crippen LogP contribution >= 0.6 is 0 Å². The number of carbonyl (C=O) groups excluding carboxylic acids is 1. The van der Waals surface area contributed by atoms with Crippen LogP contribution in [0.25, 0.3) is 0 Å². The molecule has 0 bridgehead atoms. The van der Waals surface area contributed by atoms with Crippen molar-refractivity contribution in [2.45, 2.75) is 0 Å². The first-order chi connectivity index (χ1) is 10.7. The quantitative estimate of drug-likeness (QED) is 0.798. The number of para-hydroxylation sites is 1. The number of hydrogen-bond acceptors (Lipinski definition) is 5. The van der Waals surface area contributed by atoms with E-state index in [-0.39, 0.29) is 11.6 Å². The summed E-state index contributed by atoms with van der Waals surface area (Å²) in [7, 11) is 1.79. The van der Waals surface area contributed by atoms with Gasteiger partial charge in [-0.2, -0.15) is 5.10 Å². The van der Waals surface area contributed by atoms with Crippen molar-refractivity contribution in [3.05, 3.63) is 60.6 Å². The number of rotatable bonds is 4. The Balaban J connectivity index is 1.67. The van der Waals surface area contributed by atoms with Crippen molar-refractivity contribution >= 4 is 11.6 Å². The van der Waals surface area contributed by atoms with E-state index in [4.69, 9.17) is 4.74 Å². The molecule has 2 aromatic heterocycles. The summed E-state index contributed by atoms with van der Waals surface area (Å²) in [6.07, 6.45) is 3.27. The lowest BCUT2D eigenvalue weighted by Crippen LogP contribution is -2.14. The third-order valence-corrected chi connectivity index (χ3v) is 2.81. The summed E-state index contributed by atoms with van der Waals surface area (Å²) in [5.41, 5.74) is 0.910. The Hall–Kier alpha value is -3.22. The summed E-state index contributed by atoms with van der Waals surface area (Å²) >= 11 is 0. The summed E-state index contributed by atoms with van der Waals surface area (Å²) in [5.74, 6) is 0.522. The Morgan fingerprint density at radius 1 is 1.14 bits per heavy atom. The maximum Gasteiger partial charge on any atom is 0.276 e. The predicted octanol–water partition coefficient (Wildman–Crippen LogP) is 2.25. The highest BCUT2D eigenvalue weighted by Crippen LogP contribution is 2.17. The van der Waals surface area contributed by atoms with Crippen LogP contribution in [0, 0.1) is 0 Å². The number of nitrogens with zero attached hydrogens (tertiary/aromatic N) is 4. The fraction of sp³-hybridized carbons (Fsp3) is 0.0667. The maximum absolute atomic E-state index is 12.0. The fourth-order valence-corrected chi connectivity index (χ4v) is 1.78. The Bertz CT molecular complexity index is 768. The lowest BCUT2D eigenvalue weighted by molar-refractivity contribution is 0.102. The number of anilines is 1. The van der Waals surface area contributed by atoms with E-state index in [9.17, 15) is 4.79 Å². The third-order valence-electron chi connectivity index (χ3n) is 2.81.